The molecule has 2 heterocycles. The van der Waals surface area contributed by atoms with Crippen LogP contribution < -0.4 is 15.8 Å². The SMILES string of the molecule is O=C(CCC(=O)c1ccc2c(c1)CCC2)NNC(=O)c1csc(N2CCOCC2)n1. The van der Waals surface area contributed by atoms with Gasteiger partial charge in [0, 0.05) is 36.9 Å². The lowest BCUT2D eigenvalue weighted by molar-refractivity contribution is -0.121. The second-order valence-corrected chi connectivity index (χ2v) is 8.21. The van der Waals surface area contributed by atoms with Gasteiger partial charge in [0.15, 0.2) is 10.9 Å². The van der Waals surface area contributed by atoms with Crippen molar-refractivity contribution in [1.82, 2.24) is 15.8 Å². The largest absolute Gasteiger partial charge is 0.378 e. The van der Waals surface area contributed by atoms with E-state index >= 15 is 0 Å². The number of fused-ring (bicyclic) bond motifs is 1. The standard InChI is InChI=1S/C21H24N4O4S/c26-18(16-5-4-14-2-1-3-15(14)12-16)6-7-19(27)23-24-20(28)17-13-30-21(22-17)25-8-10-29-11-9-25/h4-5,12-13H,1-3,6-11H2,(H,23,27)(H,24,28). The van der Waals surface area contributed by atoms with E-state index in [0.29, 0.717) is 18.8 Å². The van der Waals surface area contributed by atoms with E-state index in [1.165, 1.54) is 22.5 Å². The lowest BCUT2D eigenvalue weighted by atomic mass is 10.0. The van der Waals surface area contributed by atoms with Crippen LogP contribution in [0.15, 0.2) is 23.6 Å². The lowest BCUT2D eigenvalue weighted by Gasteiger charge is -2.25. The van der Waals surface area contributed by atoms with Crippen LogP contribution in [0, 0.1) is 0 Å². The number of thiazole rings is 1. The second kappa shape index (κ2) is 9.36. The van der Waals surface area contributed by atoms with Crippen LogP contribution in [0.5, 0.6) is 0 Å². The molecule has 2 aromatic rings. The number of anilines is 1. The maximum atomic E-state index is 12.4. The lowest BCUT2D eigenvalue weighted by Crippen LogP contribution is -2.42. The number of amides is 2. The Hall–Kier alpha value is -2.78. The van der Waals surface area contributed by atoms with E-state index in [0.717, 1.165) is 37.5 Å². The average molecular weight is 429 g/mol. The van der Waals surface area contributed by atoms with Gasteiger partial charge >= 0.3 is 0 Å². The van der Waals surface area contributed by atoms with E-state index in [-0.39, 0.29) is 24.3 Å². The van der Waals surface area contributed by atoms with E-state index in [1.807, 2.05) is 18.2 Å². The average Bonchev–Trinajstić information content (AvgIpc) is 3.45. The summed E-state index contributed by atoms with van der Waals surface area (Å²) < 4.78 is 5.31. The fourth-order valence-corrected chi connectivity index (χ4v) is 4.50. The quantitative estimate of drug-likeness (QED) is 0.538. The molecule has 30 heavy (non-hydrogen) atoms. The molecule has 158 valence electrons. The van der Waals surface area contributed by atoms with Crippen LogP contribution in [-0.2, 0) is 22.4 Å². The van der Waals surface area contributed by atoms with Crippen molar-refractivity contribution in [3.63, 3.8) is 0 Å². The highest BCUT2D eigenvalue weighted by Gasteiger charge is 2.18. The maximum absolute atomic E-state index is 12.4. The van der Waals surface area contributed by atoms with Crippen molar-refractivity contribution in [3.05, 3.63) is 46.0 Å². The Labute approximate surface area is 178 Å². The van der Waals surface area contributed by atoms with Crippen LogP contribution in [-0.4, -0.2) is 48.9 Å². The van der Waals surface area contributed by atoms with Gasteiger partial charge in [-0.05, 0) is 36.5 Å². The van der Waals surface area contributed by atoms with E-state index in [4.69, 9.17) is 4.74 Å². The monoisotopic (exact) mass is 428 g/mol. The molecule has 2 aliphatic rings. The number of carbonyl (C=O) groups is 3. The Morgan fingerprint density at radius 3 is 2.70 bits per heavy atom. The van der Waals surface area contributed by atoms with Crippen molar-refractivity contribution >= 4 is 34.1 Å². The summed E-state index contributed by atoms with van der Waals surface area (Å²) in [5.41, 5.74) is 8.16. The number of morpholine rings is 1. The van der Waals surface area contributed by atoms with Gasteiger partial charge in [-0.25, -0.2) is 4.98 Å². The molecule has 0 radical (unpaired) electrons. The molecular weight excluding hydrogens is 404 g/mol. The van der Waals surface area contributed by atoms with E-state index < -0.39 is 11.8 Å². The molecule has 0 saturated carbocycles. The van der Waals surface area contributed by atoms with Crippen molar-refractivity contribution in [2.45, 2.75) is 32.1 Å². The van der Waals surface area contributed by atoms with Crippen LogP contribution >= 0.6 is 11.3 Å². The molecule has 9 heteroatoms. The third-order valence-electron chi connectivity index (χ3n) is 5.32. The Bertz CT molecular complexity index is 952. The van der Waals surface area contributed by atoms with Gasteiger partial charge in [0.1, 0.15) is 5.69 Å². The van der Waals surface area contributed by atoms with Gasteiger partial charge in [0.25, 0.3) is 5.91 Å². The number of rotatable bonds is 6. The van der Waals surface area contributed by atoms with Crippen LogP contribution in [0.4, 0.5) is 5.13 Å². The smallest absolute Gasteiger partial charge is 0.289 e. The predicted molar refractivity (Wildman–Crippen MR) is 113 cm³/mol. The summed E-state index contributed by atoms with van der Waals surface area (Å²) in [5.74, 6) is -0.966. The first-order valence-corrected chi connectivity index (χ1v) is 11.0. The van der Waals surface area contributed by atoms with E-state index in [1.54, 1.807) is 5.38 Å². The van der Waals surface area contributed by atoms with Gasteiger partial charge in [-0.3, -0.25) is 25.2 Å². The minimum Gasteiger partial charge on any atom is -0.378 e. The number of aryl methyl sites for hydroxylation is 2. The third kappa shape index (κ3) is 4.85. The molecule has 0 spiro atoms. The minimum atomic E-state index is -0.482. The van der Waals surface area contributed by atoms with Crippen molar-refractivity contribution in [3.8, 4) is 0 Å². The Morgan fingerprint density at radius 2 is 1.87 bits per heavy atom. The molecule has 1 aromatic carbocycles. The molecule has 0 bridgehead atoms. The number of aromatic nitrogens is 1. The molecule has 0 unspecified atom stereocenters. The zero-order chi connectivity index (χ0) is 20.9. The summed E-state index contributed by atoms with van der Waals surface area (Å²) in [4.78, 5) is 43.0. The molecular formula is C21H24N4O4S. The first-order chi connectivity index (χ1) is 14.6. The zero-order valence-electron chi connectivity index (χ0n) is 16.6. The molecule has 1 saturated heterocycles. The van der Waals surface area contributed by atoms with Crippen LogP contribution in [0.1, 0.15) is 51.2 Å². The fourth-order valence-electron chi connectivity index (χ4n) is 3.64. The molecule has 2 N–H and O–H groups in total. The van der Waals surface area contributed by atoms with Gasteiger partial charge in [-0.1, -0.05) is 12.1 Å². The molecule has 4 rings (SSSR count). The summed E-state index contributed by atoms with van der Waals surface area (Å²) in [6, 6.07) is 5.79. The minimum absolute atomic E-state index is 0.00624. The van der Waals surface area contributed by atoms with E-state index in [9.17, 15) is 14.4 Å². The van der Waals surface area contributed by atoms with Crippen LogP contribution in [0.2, 0.25) is 0 Å². The van der Waals surface area contributed by atoms with Crippen molar-refractivity contribution < 1.29 is 19.1 Å². The Kier molecular flexibility index (Phi) is 6.39. The summed E-state index contributed by atoms with van der Waals surface area (Å²) in [6.45, 7) is 2.76. The summed E-state index contributed by atoms with van der Waals surface area (Å²) in [7, 11) is 0. The third-order valence-corrected chi connectivity index (χ3v) is 6.22. The van der Waals surface area contributed by atoms with Gasteiger partial charge in [-0.15, -0.1) is 11.3 Å². The summed E-state index contributed by atoms with van der Waals surface area (Å²) in [5, 5.41) is 2.42. The number of Topliss-reactive ketones (excluding diaryl/α,β-unsaturated/α-hetero) is 1. The van der Waals surface area contributed by atoms with Crippen molar-refractivity contribution in [1.29, 1.82) is 0 Å². The first-order valence-electron chi connectivity index (χ1n) is 10.1. The van der Waals surface area contributed by atoms with Crippen LogP contribution in [0.3, 0.4) is 0 Å². The van der Waals surface area contributed by atoms with Gasteiger partial charge in [-0.2, -0.15) is 0 Å². The highest BCUT2D eigenvalue weighted by atomic mass is 32.1. The number of nitrogens with zero attached hydrogens (tertiary/aromatic N) is 2. The molecule has 1 fully saturated rings. The number of carbonyl (C=O) groups excluding carboxylic acids is 3. The van der Waals surface area contributed by atoms with Gasteiger partial charge < -0.3 is 9.64 Å². The molecule has 2 amide bonds. The number of ether oxygens (including phenoxy) is 1. The molecule has 1 aliphatic carbocycles. The number of benzene rings is 1. The Morgan fingerprint density at radius 1 is 1.07 bits per heavy atom. The normalized spacial score (nSPS) is 15.5. The van der Waals surface area contributed by atoms with Crippen molar-refractivity contribution in [2.75, 3.05) is 31.2 Å². The highest BCUT2D eigenvalue weighted by Crippen LogP contribution is 2.23. The number of hydrogen-bond acceptors (Lipinski definition) is 7. The fraction of sp³-hybridized carbons (Fsp3) is 0.429. The number of hydrazine groups is 1. The maximum Gasteiger partial charge on any atom is 0.289 e. The van der Waals surface area contributed by atoms with Crippen molar-refractivity contribution in [2.24, 2.45) is 0 Å². The molecule has 1 aromatic heterocycles. The topological polar surface area (TPSA) is 101 Å². The molecule has 0 atom stereocenters. The van der Waals surface area contributed by atoms with Gasteiger partial charge in [0.05, 0.1) is 13.2 Å². The summed E-state index contributed by atoms with van der Waals surface area (Å²) >= 11 is 1.38. The summed E-state index contributed by atoms with van der Waals surface area (Å²) in [6.07, 6.45) is 3.30. The number of ketones is 1. The Balaban J connectivity index is 1.22. The first kappa shape index (κ1) is 20.5. The number of hydrogen-bond donors (Lipinski definition) is 2. The molecule has 8 nitrogen and oxygen atoms in total. The predicted octanol–water partition coefficient (Wildman–Crippen LogP) is 1.89. The van der Waals surface area contributed by atoms with Crippen LogP contribution in [0.25, 0.3) is 0 Å². The van der Waals surface area contributed by atoms with Gasteiger partial charge in [0.2, 0.25) is 5.91 Å². The zero-order valence-corrected chi connectivity index (χ0v) is 17.4. The van der Waals surface area contributed by atoms with E-state index in [2.05, 4.69) is 20.7 Å². The number of nitrogens with one attached hydrogen (secondary N) is 2. The second-order valence-electron chi connectivity index (χ2n) is 7.38. The highest BCUT2D eigenvalue weighted by molar-refractivity contribution is 7.13. The molecule has 1 aliphatic heterocycles.